The molecule has 0 fully saturated rings. The highest BCUT2D eigenvalue weighted by atomic mass is 16.5. The van der Waals surface area contributed by atoms with Crippen LogP contribution in [0.3, 0.4) is 0 Å². The summed E-state index contributed by atoms with van der Waals surface area (Å²) in [6.07, 6.45) is 5.16. The Bertz CT molecular complexity index is 805. The molecule has 0 spiro atoms. The molecule has 3 rings (SSSR count). The van der Waals surface area contributed by atoms with E-state index in [2.05, 4.69) is 62.0 Å². The summed E-state index contributed by atoms with van der Waals surface area (Å²) < 4.78 is 5.58. The second kappa shape index (κ2) is 8.96. The lowest BCUT2D eigenvalue weighted by atomic mass is 9.87. The molecule has 0 aromatic heterocycles. The SMILES string of the molecule is CC(C)(C)c1ccc(OCC(=O)NNC2=CC[C@@H](c3ccccc3)CC2)cc1. The standard InChI is InChI=1S/C24H30N2O2/c1-24(2,3)20-11-15-22(16-12-20)28-17-23(27)26-25-21-13-9-19(10-14-21)18-7-5-4-6-8-18/h4-8,11-13,15-16,19,25H,9-10,14,17H2,1-3H3,(H,26,27)/t19-/m1/s1. The van der Waals surface area contributed by atoms with Crippen molar-refractivity contribution in [3.8, 4) is 5.75 Å². The first kappa shape index (κ1) is 20.0. The zero-order valence-corrected chi connectivity index (χ0v) is 17.0. The van der Waals surface area contributed by atoms with Gasteiger partial charge in [0.15, 0.2) is 6.61 Å². The van der Waals surface area contributed by atoms with E-state index < -0.39 is 0 Å². The number of amides is 1. The normalized spacial score (nSPS) is 16.8. The van der Waals surface area contributed by atoms with Gasteiger partial charge in [-0.15, -0.1) is 0 Å². The topological polar surface area (TPSA) is 50.4 Å². The van der Waals surface area contributed by atoms with Crippen LogP contribution < -0.4 is 15.6 Å². The minimum atomic E-state index is -0.189. The molecule has 0 aliphatic heterocycles. The van der Waals surface area contributed by atoms with Crippen molar-refractivity contribution in [3.05, 3.63) is 77.5 Å². The first-order chi connectivity index (χ1) is 13.4. The van der Waals surface area contributed by atoms with E-state index in [9.17, 15) is 4.79 Å². The van der Waals surface area contributed by atoms with Crippen LogP contribution >= 0.6 is 0 Å². The minimum absolute atomic E-state index is 0.0121. The van der Waals surface area contributed by atoms with Gasteiger partial charge in [-0.3, -0.25) is 10.2 Å². The number of carbonyl (C=O) groups excluding carboxylic acids is 1. The van der Waals surface area contributed by atoms with Crippen molar-refractivity contribution in [2.24, 2.45) is 0 Å². The van der Waals surface area contributed by atoms with Gasteiger partial charge < -0.3 is 10.2 Å². The highest BCUT2D eigenvalue weighted by Crippen LogP contribution is 2.30. The molecule has 2 N–H and O–H groups in total. The minimum Gasteiger partial charge on any atom is -0.484 e. The van der Waals surface area contributed by atoms with Crippen molar-refractivity contribution >= 4 is 5.91 Å². The second-order valence-electron chi connectivity index (χ2n) is 8.35. The molecule has 1 aliphatic rings. The summed E-state index contributed by atoms with van der Waals surface area (Å²) in [5, 5.41) is 0. The predicted octanol–water partition coefficient (Wildman–Crippen LogP) is 4.84. The third-order valence-electron chi connectivity index (χ3n) is 5.13. The molecule has 1 atom stereocenters. The van der Waals surface area contributed by atoms with Crippen LogP contribution in [0.15, 0.2) is 66.4 Å². The quantitative estimate of drug-likeness (QED) is 0.708. The summed E-state index contributed by atoms with van der Waals surface area (Å²) in [5.41, 5.74) is 9.56. The number of carbonyl (C=O) groups is 1. The van der Waals surface area contributed by atoms with Gasteiger partial charge in [0.25, 0.3) is 5.91 Å². The van der Waals surface area contributed by atoms with Gasteiger partial charge in [-0.25, -0.2) is 0 Å². The highest BCUT2D eigenvalue weighted by molar-refractivity contribution is 5.77. The number of hydrogen-bond donors (Lipinski definition) is 2. The number of allylic oxidation sites excluding steroid dienone is 2. The van der Waals surface area contributed by atoms with Gasteiger partial charge >= 0.3 is 0 Å². The van der Waals surface area contributed by atoms with E-state index in [4.69, 9.17) is 4.74 Å². The van der Waals surface area contributed by atoms with Gasteiger partial charge in [-0.1, -0.05) is 69.3 Å². The summed E-state index contributed by atoms with van der Waals surface area (Å²) in [6, 6.07) is 18.5. The highest BCUT2D eigenvalue weighted by Gasteiger charge is 2.16. The first-order valence-corrected chi connectivity index (χ1v) is 9.94. The van der Waals surface area contributed by atoms with E-state index in [0.717, 1.165) is 25.0 Å². The van der Waals surface area contributed by atoms with Crippen LogP contribution in [0.25, 0.3) is 0 Å². The molecule has 1 aliphatic carbocycles. The molecule has 0 unspecified atom stereocenters. The van der Waals surface area contributed by atoms with E-state index in [0.29, 0.717) is 11.7 Å². The van der Waals surface area contributed by atoms with Gasteiger partial charge in [0, 0.05) is 5.70 Å². The number of ether oxygens (including phenoxy) is 1. The summed E-state index contributed by atoms with van der Waals surface area (Å²) in [4.78, 5) is 12.0. The Morgan fingerprint density at radius 3 is 2.39 bits per heavy atom. The van der Waals surface area contributed by atoms with E-state index in [-0.39, 0.29) is 17.9 Å². The predicted molar refractivity (Wildman–Crippen MR) is 113 cm³/mol. The van der Waals surface area contributed by atoms with Crippen LogP contribution in [0.2, 0.25) is 0 Å². The lowest BCUT2D eigenvalue weighted by Crippen LogP contribution is -2.40. The molecule has 148 valence electrons. The Morgan fingerprint density at radius 1 is 1.07 bits per heavy atom. The number of hydrogen-bond acceptors (Lipinski definition) is 3. The number of benzene rings is 2. The Kier molecular flexibility index (Phi) is 6.40. The van der Waals surface area contributed by atoms with Crippen LogP contribution in [0, 0.1) is 0 Å². The third-order valence-corrected chi connectivity index (χ3v) is 5.13. The average Bonchev–Trinajstić information content (AvgIpc) is 2.71. The largest absolute Gasteiger partial charge is 0.484 e. The zero-order valence-electron chi connectivity index (χ0n) is 17.0. The molecule has 1 amide bonds. The maximum absolute atomic E-state index is 12.0. The van der Waals surface area contributed by atoms with Crippen molar-refractivity contribution in [1.29, 1.82) is 0 Å². The number of hydrazine groups is 1. The number of rotatable bonds is 6. The monoisotopic (exact) mass is 378 g/mol. The van der Waals surface area contributed by atoms with Gasteiger partial charge in [-0.05, 0) is 53.9 Å². The molecular weight excluding hydrogens is 348 g/mol. The van der Waals surface area contributed by atoms with Crippen molar-refractivity contribution in [2.75, 3.05) is 6.61 Å². The molecular formula is C24H30N2O2. The fraction of sp³-hybridized carbons (Fsp3) is 0.375. The Morgan fingerprint density at radius 2 is 1.79 bits per heavy atom. The second-order valence-corrected chi connectivity index (χ2v) is 8.35. The molecule has 2 aromatic carbocycles. The lowest BCUT2D eigenvalue weighted by Gasteiger charge is -2.23. The van der Waals surface area contributed by atoms with Crippen molar-refractivity contribution in [3.63, 3.8) is 0 Å². The average molecular weight is 379 g/mol. The molecule has 28 heavy (non-hydrogen) atoms. The number of nitrogens with one attached hydrogen (secondary N) is 2. The van der Waals surface area contributed by atoms with E-state index >= 15 is 0 Å². The third kappa shape index (κ3) is 5.62. The van der Waals surface area contributed by atoms with E-state index in [1.807, 2.05) is 30.3 Å². The summed E-state index contributed by atoms with van der Waals surface area (Å²) in [5.74, 6) is 1.07. The first-order valence-electron chi connectivity index (χ1n) is 9.94. The van der Waals surface area contributed by atoms with Crippen molar-refractivity contribution in [2.45, 2.75) is 51.4 Å². The van der Waals surface area contributed by atoms with Gasteiger partial charge in [0.1, 0.15) is 5.75 Å². The maximum Gasteiger partial charge on any atom is 0.276 e. The van der Waals surface area contributed by atoms with Crippen LogP contribution in [0.1, 0.15) is 57.1 Å². The van der Waals surface area contributed by atoms with Gasteiger partial charge in [0.2, 0.25) is 0 Å². The molecule has 0 heterocycles. The maximum atomic E-state index is 12.0. The van der Waals surface area contributed by atoms with E-state index in [1.54, 1.807) is 0 Å². The molecule has 0 saturated heterocycles. The Labute approximate surface area is 168 Å². The van der Waals surface area contributed by atoms with Crippen LogP contribution in [0.4, 0.5) is 0 Å². The van der Waals surface area contributed by atoms with Gasteiger partial charge in [0.05, 0.1) is 0 Å². The lowest BCUT2D eigenvalue weighted by molar-refractivity contribution is -0.123. The Hall–Kier alpha value is -2.75. The van der Waals surface area contributed by atoms with Crippen LogP contribution in [0.5, 0.6) is 5.75 Å². The summed E-state index contributed by atoms with van der Waals surface area (Å²) >= 11 is 0. The van der Waals surface area contributed by atoms with Gasteiger partial charge in [-0.2, -0.15) is 0 Å². The molecule has 4 nitrogen and oxygen atoms in total. The summed E-state index contributed by atoms with van der Waals surface area (Å²) in [6.45, 7) is 6.50. The Balaban J connectivity index is 1.41. The fourth-order valence-corrected chi connectivity index (χ4v) is 3.36. The molecule has 0 radical (unpaired) electrons. The molecule has 0 saturated carbocycles. The van der Waals surface area contributed by atoms with Crippen molar-refractivity contribution < 1.29 is 9.53 Å². The van der Waals surface area contributed by atoms with Crippen LogP contribution in [-0.4, -0.2) is 12.5 Å². The van der Waals surface area contributed by atoms with Crippen molar-refractivity contribution in [1.82, 2.24) is 10.9 Å². The fourth-order valence-electron chi connectivity index (χ4n) is 3.36. The zero-order chi connectivity index (χ0) is 20.0. The summed E-state index contributed by atoms with van der Waals surface area (Å²) in [7, 11) is 0. The van der Waals surface area contributed by atoms with Crippen LogP contribution in [-0.2, 0) is 10.2 Å². The molecule has 0 bridgehead atoms. The molecule has 4 heteroatoms. The van der Waals surface area contributed by atoms with E-state index in [1.165, 1.54) is 11.1 Å². The molecule has 2 aromatic rings. The smallest absolute Gasteiger partial charge is 0.276 e.